The quantitative estimate of drug-likeness (QED) is 0.867. The topological polar surface area (TPSA) is 72.2 Å². The van der Waals surface area contributed by atoms with Gasteiger partial charge in [-0.1, -0.05) is 42.5 Å². The van der Waals surface area contributed by atoms with E-state index in [9.17, 15) is 9.59 Å². The lowest BCUT2D eigenvalue weighted by atomic mass is 10.0. The minimum absolute atomic E-state index is 0.206. The Kier molecular flexibility index (Phi) is 3.80. The molecule has 0 saturated heterocycles. The van der Waals surface area contributed by atoms with Crippen LogP contribution < -0.4 is 11.1 Å². The molecule has 0 aliphatic heterocycles. The van der Waals surface area contributed by atoms with Crippen molar-refractivity contribution in [3.8, 4) is 0 Å². The molecule has 0 aliphatic carbocycles. The highest BCUT2D eigenvalue weighted by Crippen LogP contribution is 2.18. The van der Waals surface area contributed by atoms with Gasteiger partial charge in [0.15, 0.2) is 0 Å². The molecule has 4 heteroatoms. The molecule has 0 spiro atoms. The van der Waals surface area contributed by atoms with Gasteiger partial charge in [-0.25, -0.2) is 0 Å². The van der Waals surface area contributed by atoms with E-state index in [1.807, 2.05) is 42.5 Å². The van der Waals surface area contributed by atoms with Crippen LogP contribution in [0.2, 0.25) is 0 Å². The van der Waals surface area contributed by atoms with Crippen LogP contribution in [-0.2, 0) is 16.0 Å². The van der Waals surface area contributed by atoms with Crippen molar-refractivity contribution in [1.29, 1.82) is 0 Å². The molecule has 0 aliphatic rings. The van der Waals surface area contributed by atoms with Gasteiger partial charge in [-0.2, -0.15) is 0 Å². The molecule has 0 heterocycles. The maximum absolute atomic E-state index is 11.9. The normalized spacial score (nSPS) is 12.1. The fraction of sp³-hybridized carbons (Fsp3) is 0.200. The van der Waals surface area contributed by atoms with Crippen LogP contribution in [0.25, 0.3) is 10.8 Å². The zero-order chi connectivity index (χ0) is 13.8. The summed E-state index contributed by atoms with van der Waals surface area (Å²) in [7, 11) is 0. The third kappa shape index (κ3) is 3.10. The van der Waals surface area contributed by atoms with Crippen LogP contribution in [0.15, 0.2) is 42.5 Å². The molecule has 2 amide bonds. The largest absolute Gasteiger partial charge is 0.368 e. The van der Waals surface area contributed by atoms with Gasteiger partial charge in [-0.05, 0) is 23.3 Å². The monoisotopic (exact) mass is 256 g/mol. The number of benzene rings is 2. The number of fused-ring (bicyclic) bond motifs is 1. The molecule has 0 saturated carbocycles. The molecule has 0 radical (unpaired) electrons. The van der Waals surface area contributed by atoms with Crippen LogP contribution >= 0.6 is 0 Å². The molecule has 0 unspecified atom stereocenters. The van der Waals surface area contributed by atoms with Crippen molar-refractivity contribution in [2.24, 2.45) is 5.73 Å². The number of hydrogen-bond acceptors (Lipinski definition) is 2. The first kappa shape index (κ1) is 13.1. The van der Waals surface area contributed by atoms with E-state index < -0.39 is 11.9 Å². The number of nitrogens with two attached hydrogens (primary N) is 1. The molecule has 0 bridgehead atoms. The maximum Gasteiger partial charge on any atom is 0.239 e. The average Bonchev–Trinajstić information content (AvgIpc) is 2.39. The highest BCUT2D eigenvalue weighted by Gasteiger charge is 2.13. The molecular weight excluding hydrogens is 240 g/mol. The van der Waals surface area contributed by atoms with Crippen molar-refractivity contribution in [3.63, 3.8) is 0 Å². The lowest BCUT2D eigenvalue weighted by Gasteiger charge is -2.11. The van der Waals surface area contributed by atoms with Crippen LogP contribution in [0.4, 0.5) is 0 Å². The summed E-state index contributed by atoms with van der Waals surface area (Å²) in [5, 5.41) is 4.72. The molecule has 2 rings (SSSR count). The second-order valence-corrected chi connectivity index (χ2v) is 4.51. The summed E-state index contributed by atoms with van der Waals surface area (Å²) in [5.41, 5.74) is 6.05. The second kappa shape index (κ2) is 5.52. The molecule has 2 aromatic rings. The summed E-state index contributed by atoms with van der Waals surface area (Å²) >= 11 is 0. The molecule has 0 aromatic heterocycles. The zero-order valence-electron chi connectivity index (χ0n) is 10.7. The van der Waals surface area contributed by atoms with E-state index in [-0.39, 0.29) is 12.3 Å². The Morgan fingerprint density at radius 2 is 1.84 bits per heavy atom. The van der Waals surface area contributed by atoms with E-state index in [4.69, 9.17) is 5.73 Å². The second-order valence-electron chi connectivity index (χ2n) is 4.51. The Morgan fingerprint density at radius 3 is 2.58 bits per heavy atom. The van der Waals surface area contributed by atoms with E-state index in [0.717, 1.165) is 16.3 Å². The number of hydrogen-bond donors (Lipinski definition) is 2. The van der Waals surface area contributed by atoms with Crippen LogP contribution in [0.3, 0.4) is 0 Å². The van der Waals surface area contributed by atoms with Gasteiger partial charge < -0.3 is 11.1 Å². The predicted octanol–water partition coefficient (Wildman–Crippen LogP) is 1.37. The minimum atomic E-state index is -0.650. The van der Waals surface area contributed by atoms with Gasteiger partial charge >= 0.3 is 0 Å². The average molecular weight is 256 g/mol. The Morgan fingerprint density at radius 1 is 1.16 bits per heavy atom. The van der Waals surface area contributed by atoms with Gasteiger partial charge in [-0.3, -0.25) is 9.59 Å². The first-order valence-electron chi connectivity index (χ1n) is 6.13. The standard InChI is InChI=1S/C15H16N2O2/c1-10(15(16)19)17-14(18)9-12-7-4-6-11-5-2-3-8-13(11)12/h2-8,10H,9H2,1H3,(H2,16,19)(H,17,18)/t10-/m0/s1. The van der Waals surface area contributed by atoms with Gasteiger partial charge in [0.25, 0.3) is 0 Å². The van der Waals surface area contributed by atoms with E-state index in [1.54, 1.807) is 6.92 Å². The first-order chi connectivity index (χ1) is 9.08. The third-order valence-corrected chi connectivity index (χ3v) is 3.04. The predicted molar refractivity (Wildman–Crippen MR) is 74.5 cm³/mol. The van der Waals surface area contributed by atoms with Crippen molar-refractivity contribution in [3.05, 3.63) is 48.0 Å². The maximum atomic E-state index is 11.9. The molecule has 4 nitrogen and oxygen atoms in total. The summed E-state index contributed by atoms with van der Waals surface area (Å²) in [5.74, 6) is -0.742. The summed E-state index contributed by atoms with van der Waals surface area (Å²) in [4.78, 5) is 22.8. The number of rotatable bonds is 4. The van der Waals surface area contributed by atoms with E-state index in [0.29, 0.717) is 0 Å². The summed E-state index contributed by atoms with van der Waals surface area (Å²) in [6.45, 7) is 1.57. The molecule has 98 valence electrons. The Balaban J connectivity index is 2.17. The molecular formula is C15H16N2O2. The van der Waals surface area contributed by atoms with Crippen LogP contribution in [0.1, 0.15) is 12.5 Å². The van der Waals surface area contributed by atoms with Gasteiger partial charge in [0.05, 0.1) is 6.42 Å². The molecule has 3 N–H and O–H groups in total. The van der Waals surface area contributed by atoms with E-state index in [2.05, 4.69) is 5.32 Å². The van der Waals surface area contributed by atoms with Gasteiger partial charge in [-0.15, -0.1) is 0 Å². The van der Waals surface area contributed by atoms with Crippen molar-refractivity contribution in [2.75, 3.05) is 0 Å². The smallest absolute Gasteiger partial charge is 0.239 e. The SMILES string of the molecule is C[C@H](NC(=O)Cc1cccc2ccccc12)C(N)=O. The molecule has 1 atom stereocenters. The van der Waals surface area contributed by atoms with Crippen molar-refractivity contribution < 1.29 is 9.59 Å². The van der Waals surface area contributed by atoms with Crippen molar-refractivity contribution >= 4 is 22.6 Å². The van der Waals surface area contributed by atoms with Gasteiger partial charge in [0.2, 0.25) is 11.8 Å². The summed E-state index contributed by atoms with van der Waals surface area (Å²) < 4.78 is 0. The Labute approximate surface area is 111 Å². The number of nitrogens with one attached hydrogen (secondary N) is 1. The highest BCUT2D eigenvalue weighted by atomic mass is 16.2. The highest BCUT2D eigenvalue weighted by molar-refractivity contribution is 5.92. The van der Waals surface area contributed by atoms with Crippen molar-refractivity contribution in [2.45, 2.75) is 19.4 Å². The Hall–Kier alpha value is -2.36. The lowest BCUT2D eigenvalue weighted by molar-refractivity contribution is -0.126. The first-order valence-corrected chi connectivity index (χ1v) is 6.13. The number of carbonyl (C=O) groups is 2. The number of primary amides is 1. The van der Waals surface area contributed by atoms with Crippen LogP contribution in [0.5, 0.6) is 0 Å². The van der Waals surface area contributed by atoms with Crippen LogP contribution in [0, 0.1) is 0 Å². The molecule has 0 fully saturated rings. The van der Waals surface area contributed by atoms with E-state index in [1.165, 1.54) is 0 Å². The lowest BCUT2D eigenvalue weighted by Crippen LogP contribution is -2.42. The minimum Gasteiger partial charge on any atom is -0.368 e. The third-order valence-electron chi connectivity index (χ3n) is 3.04. The fourth-order valence-corrected chi connectivity index (χ4v) is 1.98. The Bertz CT molecular complexity index is 617. The van der Waals surface area contributed by atoms with Gasteiger partial charge in [0, 0.05) is 0 Å². The number of carbonyl (C=O) groups excluding carboxylic acids is 2. The summed E-state index contributed by atoms with van der Waals surface area (Å²) in [6.07, 6.45) is 0.235. The number of amides is 2. The molecule has 19 heavy (non-hydrogen) atoms. The van der Waals surface area contributed by atoms with E-state index >= 15 is 0 Å². The molecule has 2 aromatic carbocycles. The summed E-state index contributed by atoms with van der Waals surface area (Å²) in [6, 6.07) is 13.1. The van der Waals surface area contributed by atoms with Crippen LogP contribution in [-0.4, -0.2) is 17.9 Å². The van der Waals surface area contributed by atoms with Crippen molar-refractivity contribution in [1.82, 2.24) is 5.32 Å². The zero-order valence-corrected chi connectivity index (χ0v) is 10.7. The fourth-order valence-electron chi connectivity index (χ4n) is 1.98. The van der Waals surface area contributed by atoms with Gasteiger partial charge in [0.1, 0.15) is 6.04 Å².